The summed E-state index contributed by atoms with van der Waals surface area (Å²) in [5.41, 5.74) is 1.18. The van der Waals surface area contributed by atoms with E-state index < -0.39 is 0 Å². The molecule has 4 atom stereocenters. The van der Waals surface area contributed by atoms with Crippen LogP contribution < -0.4 is 10.6 Å². The standard InChI is InChI=1S/C18H27FN2/c1-13(14-8-10-15(19)11-9-14)21-18-6-3-2-5-16(18)17-7-4-12-20-17/h8-11,13,16-18,20-21H,2-7,12H2,1H3/t13-,16?,17?,18?/m0/s1. The van der Waals surface area contributed by atoms with Crippen molar-refractivity contribution in [2.75, 3.05) is 6.54 Å². The summed E-state index contributed by atoms with van der Waals surface area (Å²) < 4.78 is 13.0. The van der Waals surface area contributed by atoms with Gasteiger partial charge in [0, 0.05) is 18.1 Å². The van der Waals surface area contributed by atoms with E-state index in [9.17, 15) is 4.39 Å². The minimum atomic E-state index is -0.156. The first-order valence-corrected chi connectivity index (χ1v) is 8.49. The highest BCUT2D eigenvalue weighted by atomic mass is 19.1. The maximum absolute atomic E-state index is 13.0. The highest BCUT2D eigenvalue weighted by molar-refractivity contribution is 5.19. The molecule has 1 aliphatic heterocycles. The predicted octanol–water partition coefficient (Wildman–Crippen LogP) is 3.79. The van der Waals surface area contributed by atoms with Gasteiger partial charge in [-0.3, -0.25) is 0 Å². The van der Waals surface area contributed by atoms with Crippen molar-refractivity contribution < 1.29 is 4.39 Å². The van der Waals surface area contributed by atoms with E-state index in [4.69, 9.17) is 0 Å². The number of benzene rings is 1. The second kappa shape index (κ2) is 6.89. The molecule has 1 aliphatic carbocycles. The van der Waals surface area contributed by atoms with Gasteiger partial charge in [0.1, 0.15) is 5.82 Å². The van der Waals surface area contributed by atoms with Crippen LogP contribution in [0.3, 0.4) is 0 Å². The Morgan fingerprint density at radius 2 is 1.86 bits per heavy atom. The van der Waals surface area contributed by atoms with E-state index in [1.807, 2.05) is 12.1 Å². The van der Waals surface area contributed by atoms with Crippen molar-refractivity contribution in [1.29, 1.82) is 0 Å². The molecule has 2 nitrogen and oxygen atoms in total. The van der Waals surface area contributed by atoms with Crippen LogP contribution in [0.5, 0.6) is 0 Å². The van der Waals surface area contributed by atoms with Crippen molar-refractivity contribution >= 4 is 0 Å². The molecule has 0 aromatic heterocycles. The molecule has 1 saturated carbocycles. The van der Waals surface area contributed by atoms with E-state index in [-0.39, 0.29) is 11.9 Å². The molecule has 1 saturated heterocycles. The lowest BCUT2D eigenvalue weighted by molar-refractivity contribution is 0.203. The molecule has 0 radical (unpaired) electrons. The van der Waals surface area contributed by atoms with Gasteiger partial charge in [-0.2, -0.15) is 0 Å². The van der Waals surface area contributed by atoms with E-state index in [0.717, 1.165) is 5.92 Å². The zero-order valence-corrected chi connectivity index (χ0v) is 12.9. The Kier molecular flexibility index (Phi) is 4.91. The Labute approximate surface area is 127 Å². The second-order valence-electron chi connectivity index (χ2n) is 6.70. The summed E-state index contributed by atoms with van der Waals surface area (Å²) in [6, 6.07) is 8.50. The molecule has 1 aromatic carbocycles. The Balaban J connectivity index is 1.64. The van der Waals surface area contributed by atoms with Crippen molar-refractivity contribution in [1.82, 2.24) is 10.6 Å². The van der Waals surface area contributed by atoms with Crippen LogP contribution >= 0.6 is 0 Å². The van der Waals surface area contributed by atoms with E-state index in [1.54, 1.807) is 12.1 Å². The van der Waals surface area contributed by atoms with Crippen LogP contribution in [-0.2, 0) is 0 Å². The zero-order valence-electron chi connectivity index (χ0n) is 12.9. The van der Waals surface area contributed by atoms with Crippen LogP contribution in [0.4, 0.5) is 4.39 Å². The Hall–Kier alpha value is -0.930. The average Bonchev–Trinajstić information content (AvgIpc) is 3.02. The fourth-order valence-corrected chi connectivity index (χ4v) is 4.09. The van der Waals surface area contributed by atoms with Crippen LogP contribution in [0.2, 0.25) is 0 Å². The molecule has 21 heavy (non-hydrogen) atoms. The summed E-state index contributed by atoms with van der Waals surface area (Å²) in [7, 11) is 0. The molecule has 1 aromatic rings. The summed E-state index contributed by atoms with van der Waals surface area (Å²) in [6.45, 7) is 3.38. The number of nitrogens with one attached hydrogen (secondary N) is 2. The summed E-state index contributed by atoms with van der Waals surface area (Å²) >= 11 is 0. The molecule has 3 unspecified atom stereocenters. The number of halogens is 1. The van der Waals surface area contributed by atoms with Crippen LogP contribution in [0.1, 0.15) is 57.1 Å². The number of hydrogen-bond acceptors (Lipinski definition) is 2. The van der Waals surface area contributed by atoms with Gasteiger partial charge in [-0.1, -0.05) is 25.0 Å². The molecular weight excluding hydrogens is 263 g/mol. The fourth-order valence-electron chi connectivity index (χ4n) is 4.09. The van der Waals surface area contributed by atoms with Crippen LogP contribution in [0, 0.1) is 11.7 Å². The van der Waals surface area contributed by atoms with Gasteiger partial charge in [-0.15, -0.1) is 0 Å². The van der Waals surface area contributed by atoms with E-state index in [2.05, 4.69) is 17.6 Å². The minimum Gasteiger partial charge on any atom is -0.314 e. The third-order valence-electron chi connectivity index (χ3n) is 5.27. The lowest BCUT2D eigenvalue weighted by atomic mass is 9.79. The van der Waals surface area contributed by atoms with Gasteiger partial charge < -0.3 is 10.6 Å². The van der Waals surface area contributed by atoms with Gasteiger partial charge in [-0.05, 0) is 62.8 Å². The lowest BCUT2D eigenvalue weighted by Crippen LogP contribution is -2.47. The molecule has 2 fully saturated rings. The first-order valence-electron chi connectivity index (χ1n) is 8.49. The van der Waals surface area contributed by atoms with Crippen molar-refractivity contribution in [3.8, 4) is 0 Å². The van der Waals surface area contributed by atoms with Crippen LogP contribution in [0.15, 0.2) is 24.3 Å². The average molecular weight is 290 g/mol. The van der Waals surface area contributed by atoms with Crippen molar-refractivity contribution in [3.05, 3.63) is 35.6 Å². The maximum Gasteiger partial charge on any atom is 0.123 e. The highest BCUT2D eigenvalue weighted by Crippen LogP contribution is 2.32. The quantitative estimate of drug-likeness (QED) is 0.881. The molecular formula is C18H27FN2. The smallest absolute Gasteiger partial charge is 0.123 e. The van der Waals surface area contributed by atoms with Gasteiger partial charge in [0.2, 0.25) is 0 Å². The van der Waals surface area contributed by atoms with Crippen molar-refractivity contribution in [3.63, 3.8) is 0 Å². The summed E-state index contributed by atoms with van der Waals surface area (Å²) in [5, 5.41) is 7.51. The summed E-state index contributed by atoms with van der Waals surface area (Å²) in [4.78, 5) is 0. The molecule has 2 N–H and O–H groups in total. The maximum atomic E-state index is 13.0. The highest BCUT2D eigenvalue weighted by Gasteiger charge is 2.33. The first-order chi connectivity index (χ1) is 10.2. The molecule has 3 heteroatoms. The fraction of sp³-hybridized carbons (Fsp3) is 0.667. The lowest BCUT2D eigenvalue weighted by Gasteiger charge is -2.38. The summed E-state index contributed by atoms with van der Waals surface area (Å²) in [6.07, 6.45) is 7.96. The molecule has 0 amide bonds. The Bertz CT molecular complexity index is 439. The topological polar surface area (TPSA) is 24.1 Å². The molecule has 3 rings (SSSR count). The van der Waals surface area contributed by atoms with Gasteiger partial charge >= 0.3 is 0 Å². The zero-order chi connectivity index (χ0) is 14.7. The van der Waals surface area contributed by atoms with Gasteiger partial charge in [0.15, 0.2) is 0 Å². The van der Waals surface area contributed by atoms with E-state index in [1.165, 1.54) is 50.6 Å². The molecule has 0 bridgehead atoms. The van der Waals surface area contributed by atoms with Gasteiger partial charge in [0.25, 0.3) is 0 Å². The molecule has 2 aliphatic rings. The van der Waals surface area contributed by atoms with Crippen molar-refractivity contribution in [2.45, 2.75) is 63.6 Å². The summed E-state index contributed by atoms with van der Waals surface area (Å²) in [5.74, 6) is 0.598. The SMILES string of the molecule is C[C@H](NC1CCCCC1C1CCCN1)c1ccc(F)cc1. The van der Waals surface area contributed by atoms with Gasteiger partial charge in [0.05, 0.1) is 0 Å². The van der Waals surface area contributed by atoms with Crippen LogP contribution in [0.25, 0.3) is 0 Å². The van der Waals surface area contributed by atoms with E-state index in [0.29, 0.717) is 12.1 Å². The Morgan fingerprint density at radius 1 is 1.10 bits per heavy atom. The molecule has 1 heterocycles. The first kappa shape index (κ1) is 15.0. The Morgan fingerprint density at radius 3 is 2.57 bits per heavy atom. The number of hydrogen-bond donors (Lipinski definition) is 2. The third kappa shape index (κ3) is 3.64. The van der Waals surface area contributed by atoms with Gasteiger partial charge in [-0.25, -0.2) is 4.39 Å². The second-order valence-corrected chi connectivity index (χ2v) is 6.70. The minimum absolute atomic E-state index is 0.156. The van der Waals surface area contributed by atoms with E-state index >= 15 is 0 Å². The molecule has 0 spiro atoms. The predicted molar refractivity (Wildman–Crippen MR) is 84.7 cm³/mol. The molecule has 116 valence electrons. The monoisotopic (exact) mass is 290 g/mol. The largest absolute Gasteiger partial charge is 0.314 e. The normalized spacial score (nSPS) is 31.2. The van der Waals surface area contributed by atoms with Crippen molar-refractivity contribution in [2.24, 2.45) is 5.92 Å². The third-order valence-corrected chi connectivity index (χ3v) is 5.27. The number of rotatable bonds is 4. The van der Waals surface area contributed by atoms with Crippen LogP contribution in [-0.4, -0.2) is 18.6 Å².